The summed E-state index contributed by atoms with van der Waals surface area (Å²) in [6.07, 6.45) is 13.1. The number of aromatic amines is 1. The summed E-state index contributed by atoms with van der Waals surface area (Å²) >= 11 is 0. The second kappa shape index (κ2) is 6.12. The first kappa shape index (κ1) is 13.9. The second-order valence-electron chi connectivity index (χ2n) is 5.62. The zero-order valence-corrected chi connectivity index (χ0v) is 12.3. The van der Waals surface area contributed by atoms with Crippen LogP contribution in [-0.4, -0.2) is 21.9 Å². The number of nitrogens with one attached hydrogen (secondary N) is 1. The SMILES string of the molecule is CC(=O)C=CCc1c[nH]c2ncc(OC3CCCC3)cc12. The van der Waals surface area contributed by atoms with E-state index in [2.05, 4.69) is 9.97 Å². The molecule has 110 valence electrons. The molecule has 0 amide bonds. The average molecular weight is 284 g/mol. The van der Waals surface area contributed by atoms with Crippen molar-refractivity contribution in [2.75, 3.05) is 0 Å². The van der Waals surface area contributed by atoms with E-state index in [-0.39, 0.29) is 5.78 Å². The molecule has 0 radical (unpaired) electrons. The summed E-state index contributed by atoms with van der Waals surface area (Å²) in [4.78, 5) is 18.5. The Balaban J connectivity index is 1.79. The van der Waals surface area contributed by atoms with Crippen molar-refractivity contribution in [1.82, 2.24) is 9.97 Å². The molecule has 1 fully saturated rings. The number of H-pyrrole nitrogens is 1. The number of fused-ring (bicyclic) bond motifs is 1. The normalized spacial score (nSPS) is 16.0. The van der Waals surface area contributed by atoms with Gasteiger partial charge in [-0.1, -0.05) is 6.08 Å². The molecule has 0 atom stereocenters. The third-order valence-corrected chi connectivity index (χ3v) is 3.89. The van der Waals surface area contributed by atoms with Crippen LogP contribution in [0.2, 0.25) is 0 Å². The van der Waals surface area contributed by atoms with Crippen molar-refractivity contribution in [3.8, 4) is 5.75 Å². The van der Waals surface area contributed by atoms with Crippen molar-refractivity contribution in [2.45, 2.75) is 45.1 Å². The van der Waals surface area contributed by atoms with Crippen LogP contribution >= 0.6 is 0 Å². The molecule has 4 heteroatoms. The minimum atomic E-state index is 0.0678. The van der Waals surface area contributed by atoms with Gasteiger partial charge >= 0.3 is 0 Å². The highest BCUT2D eigenvalue weighted by molar-refractivity contribution is 5.87. The van der Waals surface area contributed by atoms with Gasteiger partial charge in [-0.05, 0) is 56.7 Å². The van der Waals surface area contributed by atoms with Crippen LogP contribution < -0.4 is 4.74 Å². The molecule has 0 aliphatic heterocycles. The third kappa shape index (κ3) is 3.32. The van der Waals surface area contributed by atoms with E-state index in [1.807, 2.05) is 18.3 Å². The third-order valence-electron chi connectivity index (χ3n) is 3.89. The Morgan fingerprint density at radius 2 is 2.29 bits per heavy atom. The lowest BCUT2D eigenvalue weighted by atomic mass is 10.1. The number of carbonyl (C=O) groups excluding carboxylic acids is 1. The van der Waals surface area contributed by atoms with Gasteiger partial charge in [0.2, 0.25) is 0 Å². The Hall–Kier alpha value is -2.10. The van der Waals surface area contributed by atoms with Crippen molar-refractivity contribution < 1.29 is 9.53 Å². The topological polar surface area (TPSA) is 55.0 Å². The summed E-state index contributed by atoms with van der Waals surface area (Å²) in [6.45, 7) is 1.56. The van der Waals surface area contributed by atoms with Gasteiger partial charge in [-0.3, -0.25) is 4.79 Å². The quantitative estimate of drug-likeness (QED) is 0.854. The van der Waals surface area contributed by atoms with E-state index >= 15 is 0 Å². The van der Waals surface area contributed by atoms with Crippen LogP contribution in [0.15, 0.2) is 30.6 Å². The monoisotopic (exact) mass is 284 g/mol. The molecule has 2 aromatic heterocycles. The van der Waals surface area contributed by atoms with Crippen LogP contribution in [0.1, 0.15) is 38.2 Å². The highest BCUT2D eigenvalue weighted by atomic mass is 16.5. The van der Waals surface area contributed by atoms with Crippen LogP contribution in [0, 0.1) is 0 Å². The van der Waals surface area contributed by atoms with E-state index in [1.165, 1.54) is 12.8 Å². The van der Waals surface area contributed by atoms with Crippen LogP contribution in [0.5, 0.6) is 5.75 Å². The number of rotatable bonds is 5. The van der Waals surface area contributed by atoms with Gasteiger partial charge in [0.1, 0.15) is 11.4 Å². The number of pyridine rings is 1. The van der Waals surface area contributed by atoms with Crippen LogP contribution in [0.25, 0.3) is 11.0 Å². The van der Waals surface area contributed by atoms with Gasteiger partial charge in [0.15, 0.2) is 5.78 Å². The number of aromatic nitrogens is 2. The van der Waals surface area contributed by atoms with E-state index in [9.17, 15) is 4.79 Å². The zero-order valence-electron chi connectivity index (χ0n) is 12.3. The Bertz CT molecular complexity index is 666. The molecule has 1 saturated carbocycles. The fourth-order valence-electron chi connectivity index (χ4n) is 2.82. The minimum absolute atomic E-state index is 0.0678. The smallest absolute Gasteiger partial charge is 0.152 e. The first-order valence-corrected chi connectivity index (χ1v) is 7.52. The van der Waals surface area contributed by atoms with Gasteiger partial charge in [0.25, 0.3) is 0 Å². The van der Waals surface area contributed by atoms with Gasteiger partial charge in [-0.2, -0.15) is 0 Å². The number of ketones is 1. The lowest BCUT2D eigenvalue weighted by Crippen LogP contribution is -2.10. The highest BCUT2D eigenvalue weighted by Crippen LogP contribution is 2.27. The summed E-state index contributed by atoms with van der Waals surface area (Å²) in [5.74, 6) is 0.906. The number of hydrogen-bond donors (Lipinski definition) is 1. The van der Waals surface area contributed by atoms with Gasteiger partial charge in [-0.25, -0.2) is 4.98 Å². The van der Waals surface area contributed by atoms with Crippen molar-refractivity contribution in [3.05, 3.63) is 36.2 Å². The van der Waals surface area contributed by atoms with Gasteiger partial charge in [0.05, 0.1) is 12.3 Å². The number of allylic oxidation sites excluding steroid dienone is 2. The Kier molecular flexibility index (Phi) is 4.04. The summed E-state index contributed by atoms with van der Waals surface area (Å²) < 4.78 is 6.00. The maximum atomic E-state index is 11.0. The first-order chi connectivity index (χ1) is 10.2. The summed E-state index contributed by atoms with van der Waals surface area (Å²) in [5, 5.41) is 1.07. The molecule has 21 heavy (non-hydrogen) atoms. The van der Waals surface area contributed by atoms with Crippen LogP contribution in [0.3, 0.4) is 0 Å². The van der Waals surface area contributed by atoms with Gasteiger partial charge < -0.3 is 9.72 Å². The molecule has 1 aliphatic carbocycles. The van der Waals surface area contributed by atoms with Gasteiger partial charge in [-0.15, -0.1) is 0 Å². The molecule has 0 aromatic carbocycles. The minimum Gasteiger partial charge on any atom is -0.489 e. The summed E-state index contributed by atoms with van der Waals surface area (Å²) in [6, 6.07) is 2.05. The molecular weight excluding hydrogens is 264 g/mol. The van der Waals surface area contributed by atoms with E-state index in [0.717, 1.165) is 35.2 Å². The van der Waals surface area contributed by atoms with E-state index < -0.39 is 0 Å². The molecule has 1 N–H and O–H groups in total. The Morgan fingerprint density at radius 3 is 3.05 bits per heavy atom. The van der Waals surface area contributed by atoms with Crippen molar-refractivity contribution in [1.29, 1.82) is 0 Å². The van der Waals surface area contributed by atoms with Crippen LogP contribution in [-0.2, 0) is 11.2 Å². The number of carbonyl (C=O) groups is 1. The van der Waals surface area contributed by atoms with Gasteiger partial charge in [0, 0.05) is 11.6 Å². The highest BCUT2D eigenvalue weighted by Gasteiger charge is 2.17. The number of nitrogens with zero attached hydrogens (tertiary/aromatic N) is 1. The second-order valence-corrected chi connectivity index (χ2v) is 5.62. The standard InChI is InChI=1S/C17H20N2O2/c1-12(20)5-4-6-13-10-18-17-16(13)9-15(11-19-17)21-14-7-2-3-8-14/h4-5,9-11,14H,2-3,6-8H2,1H3,(H,18,19). The maximum absolute atomic E-state index is 11.0. The Labute approximate surface area is 124 Å². The maximum Gasteiger partial charge on any atom is 0.152 e. The van der Waals surface area contributed by atoms with Crippen molar-refractivity contribution in [3.63, 3.8) is 0 Å². The summed E-state index contributed by atoms with van der Waals surface area (Å²) in [7, 11) is 0. The molecule has 3 rings (SSSR count). The molecular formula is C17H20N2O2. The molecule has 2 heterocycles. The molecule has 0 unspecified atom stereocenters. The zero-order chi connectivity index (χ0) is 14.7. The predicted molar refractivity (Wildman–Crippen MR) is 82.5 cm³/mol. The average Bonchev–Trinajstić information content (AvgIpc) is 3.09. The fourth-order valence-corrected chi connectivity index (χ4v) is 2.82. The lowest BCUT2D eigenvalue weighted by Gasteiger charge is -2.12. The predicted octanol–water partition coefficient (Wildman–Crippen LogP) is 3.57. The largest absolute Gasteiger partial charge is 0.489 e. The number of ether oxygens (including phenoxy) is 1. The molecule has 4 nitrogen and oxygen atoms in total. The van der Waals surface area contributed by atoms with Crippen LogP contribution in [0.4, 0.5) is 0 Å². The lowest BCUT2D eigenvalue weighted by molar-refractivity contribution is -0.112. The molecule has 1 aliphatic rings. The van der Waals surface area contributed by atoms with E-state index in [4.69, 9.17) is 4.74 Å². The molecule has 0 saturated heterocycles. The molecule has 2 aromatic rings. The fraction of sp³-hybridized carbons (Fsp3) is 0.412. The van der Waals surface area contributed by atoms with Crippen molar-refractivity contribution >= 4 is 16.8 Å². The van der Waals surface area contributed by atoms with E-state index in [1.54, 1.807) is 19.2 Å². The van der Waals surface area contributed by atoms with Crippen molar-refractivity contribution in [2.24, 2.45) is 0 Å². The molecule has 0 spiro atoms. The first-order valence-electron chi connectivity index (χ1n) is 7.52. The molecule has 0 bridgehead atoms. The van der Waals surface area contributed by atoms with E-state index in [0.29, 0.717) is 12.5 Å². The Morgan fingerprint density at radius 1 is 1.48 bits per heavy atom. The number of hydrogen-bond acceptors (Lipinski definition) is 3. The summed E-state index contributed by atoms with van der Waals surface area (Å²) in [5.41, 5.74) is 1.99.